The molecule has 1 aliphatic heterocycles. The Hall–Kier alpha value is -2.52. The molecule has 1 aliphatic carbocycles. The Morgan fingerprint density at radius 1 is 1.13 bits per heavy atom. The number of fused-ring (bicyclic) bond motifs is 1. The molecule has 3 aromatic heterocycles. The number of hydrogen-bond donors (Lipinski definition) is 2. The van der Waals surface area contributed by atoms with Crippen LogP contribution in [0.2, 0.25) is 0 Å². The van der Waals surface area contributed by atoms with Crippen LogP contribution < -0.4 is 15.8 Å². The molecule has 9 heteroatoms. The molecule has 0 spiro atoms. The monoisotopic (exact) mass is 426 g/mol. The average Bonchev–Trinajstić information content (AvgIpc) is 3.42. The molecular formula is C21H26N6O2S. The minimum atomic E-state index is -0.491. The number of thiophene rings is 1. The van der Waals surface area contributed by atoms with Crippen LogP contribution in [0.15, 0.2) is 34.7 Å². The lowest BCUT2D eigenvalue weighted by Gasteiger charge is -2.37. The van der Waals surface area contributed by atoms with E-state index < -0.39 is 6.10 Å². The summed E-state index contributed by atoms with van der Waals surface area (Å²) in [5.74, 6) is 1.68. The molecule has 158 valence electrons. The SMILES string of the molecule is O=c1ccc(N2CCCCC2CNc2ncnc3ccsc23)nn1C1CCCC1O. The van der Waals surface area contributed by atoms with Gasteiger partial charge in [0.15, 0.2) is 0 Å². The number of hydrogen-bond acceptors (Lipinski definition) is 8. The Morgan fingerprint density at radius 2 is 2.07 bits per heavy atom. The fourth-order valence-electron chi connectivity index (χ4n) is 4.66. The second-order valence-electron chi connectivity index (χ2n) is 8.12. The number of nitrogens with one attached hydrogen (secondary N) is 1. The Labute approximate surface area is 178 Å². The van der Waals surface area contributed by atoms with Gasteiger partial charge in [0.2, 0.25) is 0 Å². The van der Waals surface area contributed by atoms with Gasteiger partial charge in [0, 0.05) is 25.2 Å². The van der Waals surface area contributed by atoms with E-state index in [1.165, 1.54) is 11.1 Å². The van der Waals surface area contributed by atoms with Crippen molar-refractivity contribution in [1.29, 1.82) is 0 Å². The maximum Gasteiger partial charge on any atom is 0.267 e. The first-order chi connectivity index (χ1) is 14.7. The number of anilines is 2. The summed E-state index contributed by atoms with van der Waals surface area (Å²) < 4.78 is 2.58. The van der Waals surface area contributed by atoms with Gasteiger partial charge < -0.3 is 15.3 Å². The zero-order chi connectivity index (χ0) is 20.5. The predicted octanol–water partition coefficient (Wildman–Crippen LogP) is 2.80. The van der Waals surface area contributed by atoms with Crippen LogP contribution in [-0.4, -0.2) is 50.1 Å². The van der Waals surface area contributed by atoms with Crippen LogP contribution in [0.25, 0.3) is 10.2 Å². The molecule has 2 aliphatic rings. The van der Waals surface area contributed by atoms with Crippen LogP contribution >= 0.6 is 11.3 Å². The molecule has 0 aromatic carbocycles. The zero-order valence-corrected chi connectivity index (χ0v) is 17.6. The number of nitrogens with zero attached hydrogens (tertiary/aromatic N) is 5. The summed E-state index contributed by atoms with van der Waals surface area (Å²) in [7, 11) is 0. The van der Waals surface area contributed by atoms with Gasteiger partial charge in [-0.15, -0.1) is 11.3 Å². The molecule has 30 heavy (non-hydrogen) atoms. The topological polar surface area (TPSA) is 96.2 Å². The summed E-state index contributed by atoms with van der Waals surface area (Å²) >= 11 is 1.64. The van der Waals surface area contributed by atoms with Crippen molar-refractivity contribution in [3.05, 3.63) is 40.3 Å². The van der Waals surface area contributed by atoms with Gasteiger partial charge in [-0.05, 0) is 56.0 Å². The third-order valence-corrected chi connectivity index (χ3v) is 7.15. The molecule has 0 bridgehead atoms. The summed E-state index contributed by atoms with van der Waals surface area (Å²) in [5, 5.41) is 20.5. The molecule has 4 heterocycles. The molecule has 3 unspecified atom stereocenters. The second kappa shape index (κ2) is 8.31. The van der Waals surface area contributed by atoms with Gasteiger partial charge in [-0.1, -0.05) is 0 Å². The van der Waals surface area contributed by atoms with Crippen molar-refractivity contribution in [3.63, 3.8) is 0 Å². The van der Waals surface area contributed by atoms with E-state index in [0.29, 0.717) is 0 Å². The van der Waals surface area contributed by atoms with Gasteiger partial charge in [0.25, 0.3) is 5.56 Å². The molecule has 5 rings (SSSR count). The van der Waals surface area contributed by atoms with Crippen LogP contribution in [-0.2, 0) is 0 Å². The maximum atomic E-state index is 12.4. The highest BCUT2D eigenvalue weighted by Crippen LogP contribution is 2.30. The predicted molar refractivity (Wildman–Crippen MR) is 118 cm³/mol. The van der Waals surface area contributed by atoms with Crippen molar-refractivity contribution < 1.29 is 5.11 Å². The number of aromatic nitrogens is 4. The minimum Gasteiger partial charge on any atom is -0.391 e. The Balaban J connectivity index is 1.37. The molecule has 3 atom stereocenters. The molecule has 1 saturated carbocycles. The molecule has 1 saturated heterocycles. The van der Waals surface area contributed by atoms with Gasteiger partial charge in [-0.3, -0.25) is 4.79 Å². The summed E-state index contributed by atoms with van der Waals surface area (Å²) in [6, 6.07) is 5.46. The summed E-state index contributed by atoms with van der Waals surface area (Å²) in [5.41, 5.74) is 0.819. The third-order valence-electron chi connectivity index (χ3n) is 6.24. The lowest BCUT2D eigenvalue weighted by molar-refractivity contribution is 0.127. The Bertz CT molecular complexity index is 1080. The molecule has 2 N–H and O–H groups in total. The van der Waals surface area contributed by atoms with E-state index in [9.17, 15) is 9.90 Å². The standard InChI is InChI=1S/C21H26N6O2S/c28-17-6-3-5-16(17)27-19(29)8-7-18(25-27)26-10-2-1-4-14(26)12-22-21-20-15(9-11-30-20)23-13-24-21/h7-9,11,13-14,16-17,28H,1-6,10,12H2,(H,22,23,24). The van der Waals surface area contributed by atoms with Crippen LogP contribution in [0.4, 0.5) is 11.6 Å². The quantitative estimate of drug-likeness (QED) is 0.648. The van der Waals surface area contributed by atoms with Crippen molar-refractivity contribution in [3.8, 4) is 0 Å². The molecule has 0 amide bonds. The van der Waals surface area contributed by atoms with Crippen molar-refractivity contribution in [2.45, 2.75) is 56.7 Å². The average molecular weight is 427 g/mol. The normalized spacial score (nSPS) is 24.4. The van der Waals surface area contributed by atoms with Crippen LogP contribution in [0.3, 0.4) is 0 Å². The highest BCUT2D eigenvalue weighted by molar-refractivity contribution is 7.17. The molecule has 2 fully saturated rings. The van der Waals surface area contributed by atoms with Gasteiger partial charge in [0.1, 0.15) is 18.0 Å². The summed E-state index contributed by atoms with van der Waals surface area (Å²) in [6.45, 7) is 1.65. The van der Waals surface area contributed by atoms with Gasteiger partial charge in [-0.25, -0.2) is 14.6 Å². The van der Waals surface area contributed by atoms with E-state index in [1.807, 2.05) is 17.5 Å². The van der Waals surface area contributed by atoms with E-state index in [4.69, 9.17) is 5.10 Å². The highest BCUT2D eigenvalue weighted by atomic mass is 32.1. The van der Waals surface area contributed by atoms with Crippen molar-refractivity contribution in [2.24, 2.45) is 0 Å². The van der Waals surface area contributed by atoms with Crippen molar-refractivity contribution in [2.75, 3.05) is 23.3 Å². The first-order valence-electron chi connectivity index (χ1n) is 10.7. The van der Waals surface area contributed by atoms with Crippen LogP contribution in [0.5, 0.6) is 0 Å². The highest BCUT2D eigenvalue weighted by Gasteiger charge is 2.30. The molecular weight excluding hydrogens is 400 g/mol. The van der Waals surface area contributed by atoms with Crippen molar-refractivity contribution in [1.82, 2.24) is 19.7 Å². The lowest BCUT2D eigenvalue weighted by Crippen LogP contribution is -2.45. The number of rotatable bonds is 5. The first-order valence-corrected chi connectivity index (χ1v) is 11.6. The zero-order valence-electron chi connectivity index (χ0n) is 16.8. The van der Waals surface area contributed by atoms with Gasteiger partial charge in [0.05, 0.1) is 22.4 Å². The Kier molecular flexibility index (Phi) is 5.39. The van der Waals surface area contributed by atoms with E-state index >= 15 is 0 Å². The van der Waals surface area contributed by atoms with Gasteiger partial charge >= 0.3 is 0 Å². The molecule has 3 aromatic rings. The summed E-state index contributed by atoms with van der Waals surface area (Å²) in [6.07, 6.45) is 6.89. The fourth-order valence-corrected chi connectivity index (χ4v) is 5.47. The largest absolute Gasteiger partial charge is 0.391 e. The third kappa shape index (κ3) is 3.67. The van der Waals surface area contributed by atoms with Gasteiger partial charge in [-0.2, -0.15) is 5.10 Å². The van der Waals surface area contributed by atoms with Crippen LogP contribution in [0.1, 0.15) is 44.6 Å². The number of piperidine rings is 1. The Morgan fingerprint density at radius 3 is 2.93 bits per heavy atom. The maximum absolute atomic E-state index is 12.4. The summed E-state index contributed by atoms with van der Waals surface area (Å²) in [4.78, 5) is 23.5. The number of aliphatic hydroxyl groups excluding tert-OH is 1. The van der Waals surface area contributed by atoms with E-state index in [2.05, 4.69) is 20.2 Å². The number of aliphatic hydroxyl groups is 1. The second-order valence-corrected chi connectivity index (χ2v) is 9.04. The lowest BCUT2D eigenvalue weighted by atomic mass is 10.0. The smallest absolute Gasteiger partial charge is 0.267 e. The fraction of sp³-hybridized carbons (Fsp3) is 0.524. The van der Waals surface area contributed by atoms with Crippen molar-refractivity contribution >= 4 is 33.2 Å². The van der Waals surface area contributed by atoms with E-state index in [1.54, 1.807) is 23.7 Å². The van der Waals surface area contributed by atoms with E-state index in [0.717, 1.165) is 67.0 Å². The van der Waals surface area contributed by atoms with Crippen LogP contribution in [0, 0.1) is 0 Å². The minimum absolute atomic E-state index is 0.141. The molecule has 8 nitrogen and oxygen atoms in total. The first kappa shape index (κ1) is 19.4. The molecule has 0 radical (unpaired) electrons. The van der Waals surface area contributed by atoms with E-state index in [-0.39, 0.29) is 17.6 Å².